The summed E-state index contributed by atoms with van der Waals surface area (Å²) in [6.45, 7) is 3.76. The Morgan fingerprint density at radius 3 is 2.43 bits per heavy atom. The fourth-order valence-electron chi connectivity index (χ4n) is 1.71. The smallest absolute Gasteiger partial charge is 0.239 e. The lowest BCUT2D eigenvalue weighted by atomic mass is 10.1. The van der Waals surface area contributed by atoms with Crippen LogP contribution in [0.4, 0.5) is 8.78 Å². The van der Waals surface area contributed by atoms with Crippen LogP contribution in [0.25, 0.3) is 0 Å². The molecule has 7 heteroatoms. The van der Waals surface area contributed by atoms with Crippen molar-refractivity contribution in [3.63, 3.8) is 0 Å². The second-order valence-electron chi connectivity index (χ2n) is 4.50. The normalized spacial score (nSPS) is 11.8. The van der Waals surface area contributed by atoms with Crippen molar-refractivity contribution >= 4 is 11.8 Å². The Bertz CT molecular complexity index is 509. The first-order valence-corrected chi connectivity index (χ1v) is 6.65. The summed E-state index contributed by atoms with van der Waals surface area (Å²) in [6, 6.07) is 2.82. The first-order valence-electron chi connectivity index (χ1n) is 6.65. The lowest BCUT2D eigenvalue weighted by molar-refractivity contribution is -0.125. The maximum atomic E-state index is 13.5. The number of likely N-dealkylation sites (N-methyl/N-ethyl adjacent to an activating group) is 1. The Hall–Kier alpha value is -2.02. The molecular weight excluding hydrogens is 280 g/mol. The average molecular weight is 299 g/mol. The van der Waals surface area contributed by atoms with Gasteiger partial charge in [0.05, 0.1) is 13.1 Å². The molecule has 0 radical (unpaired) electrons. The van der Waals surface area contributed by atoms with Gasteiger partial charge in [0.25, 0.3) is 0 Å². The fraction of sp³-hybridized carbons (Fsp3) is 0.429. The summed E-state index contributed by atoms with van der Waals surface area (Å²) < 4.78 is 26.3. The Kier molecular flexibility index (Phi) is 6.74. The summed E-state index contributed by atoms with van der Waals surface area (Å²) in [6.07, 6.45) is 0. The number of amides is 2. The highest BCUT2D eigenvalue weighted by atomic mass is 19.1. The minimum absolute atomic E-state index is 0.0720. The molecule has 1 aromatic rings. The van der Waals surface area contributed by atoms with Crippen LogP contribution in [-0.2, 0) is 9.59 Å². The van der Waals surface area contributed by atoms with Gasteiger partial charge < -0.3 is 16.0 Å². The number of carbonyl (C=O) groups is 2. The molecule has 3 N–H and O–H groups in total. The zero-order valence-corrected chi connectivity index (χ0v) is 12.0. The molecule has 1 atom stereocenters. The van der Waals surface area contributed by atoms with Crippen LogP contribution < -0.4 is 16.0 Å². The van der Waals surface area contributed by atoms with Crippen LogP contribution in [0.15, 0.2) is 18.2 Å². The Morgan fingerprint density at radius 2 is 1.81 bits per heavy atom. The third kappa shape index (κ3) is 5.86. The van der Waals surface area contributed by atoms with Crippen LogP contribution >= 0.6 is 0 Å². The van der Waals surface area contributed by atoms with E-state index in [1.807, 2.05) is 0 Å². The molecule has 1 aromatic carbocycles. The molecule has 0 saturated carbocycles. The molecule has 116 valence electrons. The molecule has 1 rings (SSSR count). The highest BCUT2D eigenvalue weighted by molar-refractivity contribution is 5.85. The number of nitrogens with one attached hydrogen (secondary N) is 3. The minimum atomic E-state index is -0.669. The second-order valence-corrected chi connectivity index (χ2v) is 4.50. The van der Waals surface area contributed by atoms with E-state index in [2.05, 4.69) is 16.0 Å². The van der Waals surface area contributed by atoms with E-state index in [0.29, 0.717) is 6.54 Å². The summed E-state index contributed by atoms with van der Waals surface area (Å²) in [5, 5.41) is 7.78. The van der Waals surface area contributed by atoms with E-state index in [4.69, 9.17) is 0 Å². The topological polar surface area (TPSA) is 70.2 Å². The van der Waals surface area contributed by atoms with Crippen molar-refractivity contribution in [2.24, 2.45) is 0 Å². The average Bonchev–Trinajstić information content (AvgIpc) is 2.43. The molecule has 0 aliphatic heterocycles. The Morgan fingerprint density at radius 1 is 1.14 bits per heavy atom. The second kappa shape index (κ2) is 8.31. The quantitative estimate of drug-likeness (QED) is 0.699. The van der Waals surface area contributed by atoms with E-state index in [1.165, 1.54) is 6.07 Å². The number of hydrogen-bond acceptors (Lipinski definition) is 3. The molecule has 0 saturated heterocycles. The predicted molar refractivity (Wildman–Crippen MR) is 74.5 cm³/mol. The van der Waals surface area contributed by atoms with Crippen molar-refractivity contribution < 1.29 is 18.4 Å². The maximum absolute atomic E-state index is 13.5. The van der Waals surface area contributed by atoms with Gasteiger partial charge in [-0.25, -0.2) is 8.78 Å². The third-order valence-corrected chi connectivity index (χ3v) is 2.82. The van der Waals surface area contributed by atoms with Crippen molar-refractivity contribution in [3.05, 3.63) is 35.4 Å². The molecule has 0 spiro atoms. The summed E-state index contributed by atoms with van der Waals surface area (Å²) in [7, 11) is 0. The molecule has 2 amide bonds. The molecule has 0 fully saturated rings. The summed E-state index contributed by atoms with van der Waals surface area (Å²) in [5.41, 5.74) is 0.271. The van der Waals surface area contributed by atoms with Crippen molar-refractivity contribution in [2.75, 3.05) is 19.6 Å². The van der Waals surface area contributed by atoms with Crippen molar-refractivity contribution in [1.29, 1.82) is 0 Å². The first-order chi connectivity index (χ1) is 9.93. The summed E-state index contributed by atoms with van der Waals surface area (Å²) >= 11 is 0. The molecule has 0 aliphatic carbocycles. The van der Waals surface area contributed by atoms with Crippen molar-refractivity contribution in [1.82, 2.24) is 16.0 Å². The van der Waals surface area contributed by atoms with E-state index >= 15 is 0 Å². The number of rotatable bonds is 7. The molecule has 0 heterocycles. The fourth-order valence-corrected chi connectivity index (χ4v) is 1.71. The van der Waals surface area contributed by atoms with Gasteiger partial charge in [-0.15, -0.1) is 0 Å². The van der Waals surface area contributed by atoms with Gasteiger partial charge in [0.1, 0.15) is 11.6 Å². The lowest BCUT2D eigenvalue weighted by Gasteiger charge is -2.15. The van der Waals surface area contributed by atoms with Gasteiger partial charge in [-0.1, -0.05) is 6.07 Å². The Labute approximate surface area is 122 Å². The number of carbonyl (C=O) groups excluding carboxylic acids is 2. The zero-order chi connectivity index (χ0) is 15.8. The lowest BCUT2D eigenvalue weighted by Crippen LogP contribution is -2.41. The van der Waals surface area contributed by atoms with E-state index in [-0.39, 0.29) is 30.5 Å². The predicted octanol–water partition coefficient (Wildman–Crippen LogP) is 0.868. The van der Waals surface area contributed by atoms with Crippen LogP contribution in [0.5, 0.6) is 0 Å². The van der Waals surface area contributed by atoms with Crippen molar-refractivity contribution in [3.8, 4) is 0 Å². The van der Waals surface area contributed by atoms with Crippen molar-refractivity contribution in [2.45, 2.75) is 19.9 Å². The number of halogens is 2. The molecule has 5 nitrogen and oxygen atoms in total. The monoisotopic (exact) mass is 299 g/mol. The van der Waals surface area contributed by atoms with Crippen LogP contribution in [0.1, 0.15) is 25.5 Å². The maximum Gasteiger partial charge on any atom is 0.239 e. The summed E-state index contributed by atoms with van der Waals surface area (Å²) in [4.78, 5) is 22.7. The van der Waals surface area contributed by atoms with Gasteiger partial charge in [-0.3, -0.25) is 9.59 Å². The highest BCUT2D eigenvalue weighted by Crippen LogP contribution is 2.17. The van der Waals surface area contributed by atoms with Crippen LogP contribution in [-0.4, -0.2) is 31.4 Å². The van der Waals surface area contributed by atoms with Gasteiger partial charge in [-0.2, -0.15) is 0 Å². The molecule has 0 aliphatic rings. The molecule has 0 aromatic heterocycles. The molecular formula is C14H19F2N3O2. The SMILES string of the molecule is CCNC(=O)CNC(=O)CN[C@@H](C)c1ccc(F)cc1F. The zero-order valence-electron chi connectivity index (χ0n) is 12.0. The Balaban J connectivity index is 2.40. The van der Waals surface area contributed by atoms with E-state index in [1.54, 1.807) is 13.8 Å². The van der Waals surface area contributed by atoms with E-state index in [9.17, 15) is 18.4 Å². The van der Waals surface area contributed by atoms with Gasteiger partial charge >= 0.3 is 0 Å². The van der Waals surface area contributed by atoms with Gasteiger partial charge in [0, 0.05) is 24.2 Å². The van der Waals surface area contributed by atoms with Gasteiger partial charge in [0.2, 0.25) is 11.8 Å². The standard InChI is InChI=1S/C14H19F2N3O2/c1-3-17-13(20)8-19-14(21)7-18-9(2)11-5-4-10(15)6-12(11)16/h4-6,9,18H,3,7-8H2,1-2H3,(H,17,20)(H,19,21)/t9-/m0/s1. The number of hydrogen-bond donors (Lipinski definition) is 3. The first kappa shape index (κ1) is 17.0. The third-order valence-electron chi connectivity index (χ3n) is 2.82. The number of benzene rings is 1. The minimum Gasteiger partial charge on any atom is -0.355 e. The molecule has 0 unspecified atom stereocenters. The molecule has 21 heavy (non-hydrogen) atoms. The van der Waals surface area contributed by atoms with Gasteiger partial charge in [-0.05, 0) is 19.9 Å². The van der Waals surface area contributed by atoms with E-state index < -0.39 is 17.7 Å². The highest BCUT2D eigenvalue weighted by Gasteiger charge is 2.13. The summed E-state index contributed by atoms with van der Waals surface area (Å²) in [5.74, 6) is -1.97. The largest absolute Gasteiger partial charge is 0.355 e. The van der Waals surface area contributed by atoms with Crippen LogP contribution in [0.2, 0.25) is 0 Å². The van der Waals surface area contributed by atoms with Crippen LogP contribution in [0, 0.1) is 11.6 Å². The van der Waals surface area contributed by atoms with E-state index in [0.717, 1.165) is 12.1 Å². The van der Waals surface area contributed by atoms with Crippen LogP contribution in [0.3, 0.4) is 0 Å². The molecule has 0 bridgehead atoms. The van der Waals surface area contributed by atoms with Gasteiger partial charge in [0.15, 0.2) is 0 Å².